The van der Waals surface area contributed by atoms with E-state index in [0.717, 1.165) is 38.2 Å². The third kappa shape index (κ3) is 10.1. The molecule has 0 radical (unpaired) electrons. The summed E-state index contributed by atoms with van der Waals surface area (Å²) in [4.78, 5) is 64.8. The predicted octanol–water partition coefficient (Wildman–Crippen LogP) is 5.60. The van der Waals surface area contributed by atoms with Gasteiger partial charge in [-0.25, -0.2) is 4.79 Å². The van der Waals surface area contributed by atoms with Crippen LogP contribution in [0.5, 0.6) is 0 Å². The number of alkyl halides is 2. The number of likely N-dealkylation sites (N-methyl/N-ethyl adjacent to an activating group) is 1. The molecule has 0 spiro atoms. The maximum absolute atomic E-state index is 15.9. The summed E-state index contributed by atoms with van der Waals surface area (Å²) in [6, 6.07) is 11.4. The molecule has 4 rings (SSSR count). The van der Waals surface area contributed by atoms with Crippen molar-refractivity contribution in [2.24, 2.45) is 11.8 Å². The second kappa shape index (κ2) is 17.6. The summed E-state index contributed by atoms with van der Waals surface area (Å²) in [6.07, 6.45) is 2.22. The molecule has 0 bridgehead atoms. The Morgan fingerprint density at radius 2 is 1.75 bits per heavy atom. The second-order valence-electron chi connectivity index (χ2n) is 12.1. The normalized spacial score (nSPS) is 18.6. The molecule has 1 saturated heterocycles. The van der Waals surface area contributed by atoms with Crippen LogP contribution in [0.1, 0.15) is 75.5 Å². The minimum absolute atomic E-state index is 0.0433. The maximum Gasteiger partial charge on any atom is 0.418 e. The van der Waals surface area contributed by atoms with E-state index in [1.807, 2.05) is 0 Å². The van der Waals surface area contributed by atoms with Crippen molar-refractivity contribution in [3.63, 3.8) is 0 Å². The van der Waals surface area contributed by atoms with Crippen LogP contribution in [0.15, 0.2) is 54.6 Å². The lowest BCUT2D eigenvalue weighted by molar-refractivity contribution is -0.140. The Labute approximate surface area is 288 Å². The van der Waals surface area contributed by atoms with Gasteiger partial charge < -0.3 is 20.7 Å². The summed E-state index contributed by atoms with van der Waals surface area (Å²) in [7, 11) is 0. The number of amides is 4. The molecule has 1 saturated carbocycles. The zero-order chi connectivity index (χ0) is 34.7. The summed E-state index contributed by atoms with van der Waals surface area (Å²) >= 11 is 6.69. The molecule has 10 nitrogen and oxygen atoms in total. The van der Waals surface area contributed by atoms with E-state index in [9.17, 15) is 24.0 Å². The van der Waals surface area contributed by atoms with Crippen LogP contribution in [0, 0.1) is 11.8 Å². The molecular formula is C34H41ClF2N4O6S. The van der Waals surface area contributed by atoms with Crippen molar-refractivity contribution in [3.05, 3.63) is 70.7 Å². The molecule has 0 aromatic heterocycles. The number of halogens is 3. The van der Waals surface area contributed by atoms with Crippen molar-refractivity contribution >= 4 is 53.1 Å². The molecule has 14 heteroatoms. The fraction of sp³-hybridized carbons (Fsp3) is 0.500. The van der Waals surface area contributed by atoms with Gasteiger partial charge >= 0.3 is 12.0 Å². The third-order valence-electron chi connectivity index (χ3n) is 8.59. The first-order valence-electron chi connectivity index (χ1n) is 16.2. The van der Waals surface area contributed by atoms with Crippen LogP contribution in [0.2, 0.25) is 5.02 Å². The molecule has 1 heterocycles. The first kappa shape index (κ1) is 37.1. The monoisotopic (exact) mass is 706 g/mol. The average molecular weight is 707 g/mol. The number of carbonyl (C=O) groups is 5. The molecule has 4 amide bonds. The molecule has 2 aliphatic rings. The summed E-state index contributed by atoms with van der Waals surface area (Å²) in [5.41, 5.74) is -0.403. The van der Waals surface area contributed by atoms with E-state index in [2.05, 4.69) is 20.7 Å². The Hall–Kier alpha value is -3.71. The lowest BCUT2D eigenvalue weighted by Crippen LogP contribution is -2.51. The van der Waals surface area contributed by atoms with Crippen molar-refractivity contribution < 1.29 is 37.5 Å². The maximum atomic E-state index is 15.9. The predicted molar refractivity (Wildman–Crippen MR) is 178 cm³/mol. The fourth-order valence-electron chi connectivity index (χ4n) is 6.07. The topological polar surface area (TPSA) is 143 Å². The van der Waals surface area contributed by atoms with Gasteiger partial charge in [0.15, 0.2) is 6.10 Å². The first-order valence-corrected chi connectivity index (χ1v) is 17.5. The number of hydrogen-bond acceptors (Lipinski definition) is 7. The third-order valence-corrected chi connectivity index (χ3v) is 9.80. The Morgan fingerprint density at radius 3 is 2.40 bits per heavy atom. The second-order valence-corrected chi connectivity index (χ2v) is 13.5. The lowest BCUT2D eigenvalue weighted by atomic mass is 9.86. The van der Waals surface area contributed by atoms with Crippen molar-refractivity contribution in [1.29, 1.82) is 0 Å². The summed E-state index contributed by atoms with van der Waals surface area (Å²) in [5, 5.41) is 6.93. The van der Waals surface area contributed by atoms with Crippen LogP contribution in [0.4, 0.5) is 13.6 Å². The van der Waals surface area contributed by atoms with Gasteiger partial charge in [-0.05, 0) is 61.7 Å². The van der Waals surface area contributed by atoms with Crippen molar-refractivity contribution in [1.82, 2.24) is 20.7 Å². The molecule has 4 N–H and O–H groups in total. The van der Waals surface area contributed by atoms with Crippen LogP contribution in [-0.4, -0.2) is 54.0 Å². The number of hydrogen-bond donors (Lipinski definition) is 4. The molecule has 48 heavy (non-hydrogen) atoms. The Balaban J connectivity index is 1.52. The zero-order valence-corrected chi connectivity index (χ0v) is 28.2. The van der Waals surface area contributed by atoms with Crippen LogP contribution >= 0.6 is 23.5 Å². The van der Waals surface area contributed by atoms with Crippen LogP contribution in [-0.2, 0) is 29.8 Å². The number of carbonyl (C=O) groups excluding carboxylic acids is 5. The summed E-state index contributed by atoms with van der Waals surface area (Å²) < 4.78 is 39.5. The van der Waals surface area contributed by atoms with Gasteiger partial charge in [-0.1, -0.05) is 86.2 Å². The van der Waals surface area contributed by atoms with Gasteiger partial charge in [-0.15, -0.1) is 0 Å². The van der Waals surface area contributed by atoms with Gasteiger partial charge in [-0.3, -0.25) is 23.9 Å². The molecule has 2 aromatic carbocycles. The minimum atomic E-state index is -3.67. The molecule has 1 aliphatic heterocycles. The quantitative estimate of drug-likeness (QED) is 0.140. The fourth-order valence-corrected chi connectivity index (χ4v) is 7.09. The largest absolute Gasteiger partial charge is 0.434 e. The zero-order valence-electron chi connectivity index (χ0n) is 26.6. The Kier molecular flexibility index (Phi) is 13.6. The van der Waals surface area contributed by atoms with Gasteiger partial charge in [0.25, 0.3) is 5.91 Å². The van der Waals surface area contributed by atoms with E-state index in [4.69, 9.17) is 16.3 Å². The minimum Gasteiger partial charge on any atom is -0.434 e. The number of Topliss-reactive ketones (excluding diaryl/α,β-unsaturated/α-hetero) is 1. The van der Waals surface area contributed by atoms with Crippen LogP contribution < -0.4 is 20.7 Å². The number of ketones is 1. The van der Waals surface area contributed by atoms with E-state index >= 15 is 8.78 Å². The number of rotatable bonds is 15. The van der Waals surface area contributed by atoms with E-state index < -0.39 is 58.5 Å². The molecule has 4 atom stereocenters. The van der Waals surface area contributed by atoms with Gasteiger partial charge in [0.1, 0.15) is 5.25 Å². The van der Waals surface area contributed by atoms with Crippen molar-refractivity contribution in [2.45, 2.75) is 81.6 Å². The van der Waals surface area contributed by atoms with E-state index in [1.165, 1.54) is 30.3 Å². The van der Waals surface area contributed by atoms with Crippen LogP contribution in [0.3, 0.4) is 0 Å². The highest BCUT2D eigenvalue weighted by Gasteiger charge is 2.46. The summed E-state index contributed by atoms with van der Waals surface area (Å²) in [5.74, 6) is -6.76. The van der Waals surface area contributed by atoms with Gasteiger partial charge in [-0.2, -0.15) is 8.78 Å². The van der Waals surface area contributed by atoms with Crippen LogP contribution in [0.25, 0.3) is 0 Å². The molecule has 2 fully saturated rings. The van der Waals surface area contributed by atoms with Crippen molar-refractivity contribution in [2.75, 3.05) is 13.1 Å². The molecule has 2 aromatic rings. The van der Waals surface area contributed by atoms with E-state index in [1.54, 1.807) is 25.1 Å². The van der Waals surface area contributed by atoms with E-state index in [0.29, 0.717) is 31.3 Å². The SMILES string of the molecule is CCNC(=O)C(=O)[C@H](C[C@@H]1CCNC1=O)NC(=O)[C@H](CC1CCCCC1)SNC(=O)OC(c1ccccc1)C(F)(F)c1cccc(Cl)c1. The number of benzene rings is 2. The Bertz CT molecular complexity index is 1450. The Morgan fingerprint density at radius 1 is 1.02 bits per heavy atom. The molecular weight excluding hydrogens is 666 g/mol. The lowest BCUT2D eigenvalue weighted by Gasteiger charge is -2.29. The summed E-state index contributed by atoms with van der Waals surface area (Å²) in [6.45, 7) is 2.27. The highest BCUT2D eigenvalue weighted by Crippen LogP contribution is 2.43. The van der Waals surface area contributed by atoms with Gasteiger partial charge in [0.2, 0.25) is 17.6 Å². The van der Waals surface area contributed by atoms with E-state index in [-0.39, 0.29) is 35.4 Å². The van der Waals surface area contributed by atoms with Gasteiger partial charge in [0.05, 0.1) is 6.04 Å². The highest BCUT2D eigenvalue weighted by atomic mass is 35.5. The number of nitrogens with one attached hydrogen (secondary N) is 4. The van der Waals surface area contributed by atoms with Gasteiger partial charge in [0, 0.05) is 29.6 Å². The smallest absolute Gasteiger partial charge is 0.418 e. The molecule has 1 aliphatic carbocycles. The van der Waals surface area contributed by atoms with Crippen molar-refractivity contribution in [3.8, 4) is 0 Å². The standard InChI is InChI=1S/C34H41ClF2N4O6S/c1-2-38-32(45)28(42)26(19-23-16-17-39-30(23)43)40-31(44)27(18-21-10-5-3-6-11-21)48-41-33(46)47-29(22-12-7-4-8-13-22)34(36,37)24-14-9-15-25(35)20-24/h4,7-9,12-15,20-21,23,26-27,29H,2-3,5-6,10-11,16-19H2,1H3,(H,38,45)(H,39,43)(H,40,44)(H,41,46)/t23-,26-,27-,29?/m0/s1. The first-order chi connectivity index (χ1) is 23.0. The molecule has 260 valence electrons. The average Bonchev–Trinajstić information content (AvgIpc) is 3.49. The number of ether oxygens (including phenoxy) is 1. The highest BCUT2D eigenvalue weighted by molar-refractivity contribution is 7.99. The molecule has 1 unspecified atom stereocenters.